The van der Waals surface area contributed by atoms with Crippen LogP contribution < -0.4 is 10.2 Å². The predicted octanol–water partition coefficient (Wildman–Crippen LogP) is 1.11. The van der Waals surface area contributed by atoms with Crippen LogP contribution >= 0.6 is 0 Å². The van der Waals surface area contributed by atoms with Crippen LogP contribution in [0.15, 0.2) is 23.1 Å². The second-order valence-electron chi connectivity index (χ2n) is 5.19. The van der Waals surface area contributed by atoms with Gasteiger partial charge in [-0.25, -0.2) is 8.42 Å². The van der Waals surface area contributed by atoms with Crippen molar-refractivity contribution in [2.24, 2.45) is 0 Å². The Morgan fingerprint density at radius 3 is 2.65 bits per heavy atom. The van der Waals surface area contributed by atoms with E-state index in [-0.39, 0.29) is 13.9 Å². The maximum Gasteiger partial charge on any atom is 0.243 e. The lowest BCUT2D eigenvalue weighted by Crippen LogP contribution is -2.35. The van der Waals surface area contributed by atoms with Gasteiger partial charge in [0.05, 0.1) is 22.8 Å². The number of anilines is 2. The van der Waals surface area contributed by atoms with Crippen molar-refractivity contribution in [3.05, 3.63) is 18.2 Å². The van der Waals surface area contributed by atoms with Crippen molar-refractivity contribution in [3.8, 4) is 0 Å². The first kappa shape index (κ1) is 13.4. The van der Waals surface area contributed by atoms with Gasteiger partial charge >= 0.3 is 0 Å². The molecule has 0 spiro atoms. The number of hydrogen-bond donors (Lipinski definition) is 1. The van der Waals surface area contributed by atoms with Gasteiger partial charge in [-0.05, 0) is 31.0 Å². The number of hydrogen-bond acceptors (Lipinski definition) is 4. The molecule has 0 radical (unpaired) electrons. The van der Waals surface area contributed by atoms with Crippen LogP contribution in [0.5, 0.6) is 0 Å². The summed E-state index contributed by atoms with van der Waals surface area (Å²) in [5, 5.41) is 2.75. The van der Waals surface area contributed by atoms with Gasteiger partial charge in [-0.2, -0.15) is 4.31 Å². The van der Waals surface area contributed by atoms with E-state index in [1.165, 1.54) is 4.31 Å². The zero-order valence-electron chi connectivity index (χ0n) is 11.3. The van der Waals surface area contributed by atoms with E-state index in [1.54, 1.807) is 30.1 Å². The van der Waals surface area contributed by atoms with Crippen LogP contribution in [0, 0.1) is 0 Å². The molecule has 2 aliphatic heterocycles. The summed E-state index contributed by atoms with van der Waals surface area (Å²) in [5.41, 5.74) is 1.40. The fourth-order valence-corrected chi connectivity index (χ4v) is 4.20. The highest BCUT2D eigenvalue weighted by molar-refractivity contribution is 7.89. The average Bonchev–Trinajstić information content (AvgIpc) is 2.92. The van der Waals surface area contributed by atoms with Crippen molar-refractivity contribution in [3.63, 3.8) is 0 Å². The van der Waals surface area contributed by atoms with Crippen LogP contribution in [0.1, 0.15) is 14.3 Å². The Labute approximate surface area is 119 Å². The van der Waals surface area contributed by atoms with E-state index in [1.807, 2.05) is 0 Å². The molecule has 1 amide bonds. The van der Waals surface area contributed by atoms with Crippen LogP contribution in [0.2, 0.25) is 0 Å². The van der Waals surface area contributed by atoms with E-state index in [0.717, 1.165) is 18.5 Å². The Bertz CT molecular complexity index is 657. The molecule has 1 saturated heterocycles. The van der Waals surface area contributed by atoms with Crippen molar-refractivity contribution in [2.45, 2.75) is 17.7 Å². The molecular weight excluding hydrogens is 278 g/mol. The molecule has 0 aromatic heterocycles. The van der Waals surface area contributed by atoms with Gasteiger partial charge in [0, 0.05) is 21.6 Å². The van der Waals surface area contributed by atoms with E-state index in [9.17, 15) is 13.2 Å². The van der Waals surface area contributed by atoms with Gasteiger partial charge in [0.1, 0.15) is 0 Å². The highest BCUT2D eigenvalue weighted by Crippen LogP contribution is 2.32. The number of carbonyl (C=O) groups excluding carboxylic acids is 1. The van der Waals surface area contributed by atoms with E-state index in [2.05, 4.69) is 5.32 Å². The number of amides is 1. The molecule has 2 aliphatic rings. The number of rotatable bonds is 2. The van der Waals surface area contributed by atoms with E-state index >= 15 is 0 Å². The van der Waals surface area contributed by atoms with Crippen molar-refractivity contribution in [1.82, 2.24) is 4.31 Å². The molecular formula is C13H19N3O3S. The second-order valence-corrected chi connectivity index (χ2v) is 7.13. The highest BCUT2D eigenvalue weighted by Gasteiger charge is 2.29. The van der Waals surface area contributed by atoms with Gasteiger partial charge in [0.15, 0.2) is 0 Å². The number of fused-ring (bicyclic) bond motifs is 1. The molecule has 2 heterocycles. The van der Waals surface area contributed by atoms with Crippen LogP contribution in [0.4, 0.5) is 11.4 Å². The summed E-state index contributed by atoms with van der Waals surface area (Å²) in [6, 6.07) is 4.86. The maximum atomic E-state index is 12.5. The SMILES string of the molecule is CN1CC(=O)Nc2ccc(S(=O)(=O)N3CCCC3)cc21.[HH]. The predicted molar refractivity (Wildman–Crippen MR) is 78.4 cm³/mol. The van der Waals surface area contributed by atoms with Gasteiger partial charge in [0.2, 0.25) is 15.9 Å². The quantitative estimate of drug-likeness (QED) is 0.887. The third kappa shape index (κ3) is 2.16. The minimum Gasteiger partial charge on any atom is -0.364 e. The number of nitrogens with zero attached hydrogens (tertiary/aromatic N) is 2. The maximum absolute atomic E-state index is 12.5. The molecule has 7 heteroatoms. The summed E-state index contributed by atoms with van der Waals surface area (Å²) < 4.78 is 26.5. The zero-order chi connectivity index (χ0) is 14.3. The van der Waals surface area contributed by atoms with Gasteiger partial charge in [-0.3, -0.25) is 4.79 Å². The van der Waals surface area contributed by atoms with Crippen molar-refractivity contribution >= 4 is 27.3 Å². The largest absolute Gasteiger partial charge is 0.364 e. The van der Waals surface area contributed by atoms with Crippen LogP contribution in [0.3, 0.4) is 0 Å². The summed E-state index contributed by atoms with van der Waals surface area (Å²) in [5.74, 6) is -0.0878. The number of sulfonamides is 1. The number of benzene rings is 1. The molecule has 3 rings (SSSR count). The molecule has 1 aromatic rings. The van der Waals surface area contributed by atoms with Gasteiger partial charge in [-0.1, -0.05) is 0 Å². The Hall–Kier alpha value is -1.60. The average molecular weight is 297 g/mol. The first-order chi connectivity index (χ1) is 9.48. The van der Waals surface area contributed by atoms with Crippen LogP contribution in [-0.2, 0) is 14.8 Å². The fraction of sp³-hybridized carbons (Fsp3) is 0.462. The minimum atomic E-state index is -3.42. The molecule has 0 aliphatic carbocycles. The standard InChI is InChI=1S/C13H17N3O3S.H2/c1-15-9-13(17)14-11-5-4-10(8-12(11)15)20(18,19)16-6-2-3-7-16;/h4-5,8H,2-3,6-7,9H2,1H3,(H,14,17);1H. The van der Waals surface area contributed by atoms with Crippen molar-refractivity contribution in [1.29, 1.82) is 0 Å². The third-order valence-electron chi connectivity index (χ3n) is 3.74. The van der Waals surface area contributed by atoms with E-state index < -0.39 is 10.0 Å². The molecule has 0 atom stereocenters. The second kappa shape index (κ2) is 4.75. The third-order valence-corrected chi connectivity index (χ3v) is 5.63. The summed E-state index contributed by atoms with van der Waals surface area (Å²) in [6.07, 6.45) is 1.83. The monoisotopic (exact) mass is 297 g/mol. The molecule has 20 heavy (non-hydrogen) atoms. The molecule has 0 unspecified atom stereocenters. The summed E-state index contributed by atoms with van der Waals surface area (Å²) in [6.45, 7) is 1.41. The fourth-order valence-electron chi connectivity index (χ4n) is 2.66. The van der Waals surface area contributed by atoms with E-state index in [0.29, 0.717) is 23.7 Å². The van der Waals surface area contributed by atoms with Crippen LogP contribution in [0.25, 0.3) is 0 Å². The van der Waals surface area contributed by atoms with Gasteiger partial charge in [-0.15, -0.1) is 0 Å². The summed E-state index contributed by atoms with van der Waals surface area (Å²) in [7, 11) is -1.63. The lowest BCUT2D eigenvalue weighted by atomic mass is 10.2. The lowest BCUT2D eigenvalue weighted by molar-refractivity contribution is -0.115. The smallest absolute Gasteiger partial charge is 0.243 e. The minimum absolute atomic E-state index is 0. The Morgan fingerprint density at radius 1 is 1.25 bits per heavy atom. The lowest BCUT2D eigenvalue weighted by Gasteiger charge is -2.28. The van der Waals surface area contributed by atoms with Crippen molar-refractivity contribution < 1.29 is 14.6 Å². The molecule has 6 nitrogen and oxygen atoms in total. The number of carbonyl (C=O) groups is 1. The van der Waals surface area contributed by atoms with E-state index in [4.69, 9.17) is 0 Å². The van der Waals surface area contributed by atoms with Crippen molar-refractivity contribution in [2.75, 3.05) is 36.9 Å². The highest BCUT2D eigenvalue weighted by atomic mass is 32.2. The van der Waals surface area contributed by atoms with Gasteiger partial charge in [0.25, 0.3) is 0 Å². The normalized spacial score (nSPS) is 19.9. The molecule has 1 N–H and O–H groups in total. The molecule has 0 bridgehead atoms. The topological polar surface area (TPSA) is 69.7 Å². The van der Waals surface area contributed by atoms with Gasteiger partial charge < -0.3 is 10.2 Å². The zero-order valence-corrected chi connectivity index (χ0v) is 12.1. The molecule has 1 fully saturated rings. The number of likely N-dealkylation sites (N-methyl/N-ethyl adjacent to an activating group) is 1. The Balaban J connectivity index is 0.00000161. The molecule has 110 valence electrons. The number of nitrogens with one attached hydrogen (secondary N) is 1. The Kier molecular flexibility index (Phi) is 3.18. The molecule has 1 aromatic carbocycles. The summed E-state index contributed by atoms with van der Waals surface area (Å²) in [4.78, 5) is 13.5. The Morgan fingerprint density at radius 2 is 1.95 bits per heavy atom. The summed E-state index contributed by atoms with van der Waals surface area (Å²) >= 11 is 0. The first-order valence-corrected chi connectivity index (χ1v) is 8.08. The molecule has 0 saturated carbocycles. The first-order valence-electron chi connectivity index (χ1n) is 6.64. The van der Waals surface area contributed by atoms with Crippen LogP contribution in [-0.4, -0.2) is 45.3 Å².